The Morgan fingerprint density at radius 2 is 1.77 bits per heavy atom. The third-order valence-corrected chi connectivity index (χ3v) is 3.81. The van der Waals surface area contributed by atoms with E-state index in [2.05, 4.69) is 48.6 Å². The summed E-state index contributed by atoms with van der Waals surface area (Å²) in [7, 11) is 0. The molecule has 0 aliphatic carbocycles. The molecule has 1 N–H and O–H groups in total. The molecule has 0 aliphatic heterocycles. The van der Waals surface area contributed by atoms with E-state index in [-0.39, 0.29) is 12.4 Å². The van der Waals surface area contributed by atoms with Crippen molar-refractivity contribution in [3.8, 4) is 5.75 Å². The summed E-state index contributed by atoms with van der Waals surface area (Å²) in [5, 5.41) is 6.15. The summed E-state index contributed by atoms with van der Waals surface area (Å²) in [4.78, 5) is 0. The van der Waals surface area contributed by atoms with Crippen LogP contribution in [0.2, 0.25) is 0 Å². The number of hydrogen-bond acceptors (Lipinski definition) is 2. The highest BCUT2D eigenvalue weighted by Crippen LogP contribution is 2.28. The fraction of sp³-hybridized carbons (Fsp3) is 0.474. The SMILES string of the molecule is CCCCCCNCc1c(OCC)ccc2ccccc12.Cl. The third-order valence-electron chi connectivity index (χ3n) is 3.81. The summed E-state index contributed by atoms with van der Waals surface area (Å²) in [6.07, 6.45) is 5.19. The summed E-state index contributed by atoms with van der Waals surface area (Å²) < 4.78 is 5.80. The van der Waals surface area contributed by atoms with Gasteiger partial charge in [-0.2, -0.15) is 0 Å². The molecule has 0 aromatic heterocycles. The molecule has 0 amide bonds. The maximum Gasteiger partial charge on any atom is 0.124 e. The van der Waals surface area contributed by atoms with Crippen LogP contribution >= 0.6 is 12.4 Å². The van der Waals surface area contributed by atoms with Crippen molar-refractivity contribution in [3.05, 3.63) is 42.0 Å². The molecule has 0 radical (unpaired) electrons. The molecule has 0 atom stereocenters. The monoisotopic (exact) mass is 321 g/mol. The predicted octanol–water partition coefficient (Wildman–Crippen LogP) is 5.33. The van der Waals surface area contributed by atoms with Crippen LogP contribution in [0.5, 0.6) is 5.75 Å². The van der Waals surface area contributed by atoms with Crippen LogP contribution in [0.15, 0.2) is 36.4 Å². The van der Waals surface area contributed by atoms with Crippen LogP contribution in [0.1, 0.15) is 45.1 Å². The average Bonchev–Trinajstić information content (AvgIpc) is 2.52. The van der Waals surface area contributed by atoms with Gasteiger partial charge in [-0.3, -0.25) is 0 Å². The Morgan fingerprint density at radius 3 is 2.55 bits per heavy atom. The highest BCUT2D eigenvalue weighted by Gasteiger charge is 2.08. The van der Waals surface area contributed by atoms with Gasteiger partial charge in [0.05, 0.1) is 6.61 Å². The van der Waals surface area contributed by atoms with Crippen molar-refractivity contribution in [2.45, 2.75) is 46.1 Å². The van der Waals surface area contributed by atoms with Gasteiger partial charge in [0.25, 0.3) is 0 Å². The summed E-state index contributed by atoms with van der Waals surface area (Å²) in [5.74, 6) is 1.01. The van der Waals surface area contributed by atoms with Crippen molar-refractivity contribution in [1.29, 1.82) is 0 Å². The zero-order chi connectivity index (χ0) is 14.9. The van der Waals surface area contributed by atoms with Crippen molar-refractivity contribution in [3.63, 3.8) is 0 Å². The Hall–Kier alpha value is -1.25. The summed E-state index contributed by atoms with van der Waals surface area (Å²) in [6, 6.07) is 12.8. The van der Waals surface area contributed by atoms with Crippen molar-refractivity contribution < 1.29 is 4.74 Å². The highest BCUT2D eigenvalue weighted by molar-refractivity contribution is 5.87. The number of ether oxygens (including phenoxy) is 1. The number of fused-ring (bicyclic) bond motifs is 1. The number of halogens is 1. The molecular weight excluding hydrogens is 294 g/mol. The molecule has 2 nitrogen and oxygen atoms in total. The molecule has 122 valence electrons. The lowest BCUT2D eigenvalue weighted by Crippen LogP contribution is -2.15. The lowest BCUT2D eigenvalue weighted by Gasteiger charge is -2.14. The standard InChI is InChI=1S/C19H27NO.ClH/c1-3-5-6-9-14-20-15-18-17-11-8-7-10-16(17)12-13-19(18)21-4-2;/h7-8,10-13,20H,3-6,9,14-15H2,1-2H3;1H. The van der Waals surface area contributed by atoms with E-state index >= 15 is 0 Å². The molecule has 0 bridgehead atoms. The van der Waals surface area contributed by atoms with Crippen LogP contribution in [0, 0.1) is 0 Å². The number of nitrogens with one attached hydrogen (secondary N) is 1. The predicted molar refractivity (Wildman–Crippen MR) is 98.2 cm³/mol. The fourth-order valence-corrected chi connectivity index (χ4v) is 2.68. The van der Waals surface area contributed by atoms with Crippen LogP contribution < -0.4 is 10.1 Å². The molecular formula is C19H28ClNO. The van der Waals surface area contributed by atoms with E-state index < -0.39 is 0 Å². The lowest BCUT2D eigenvalue weighted by molar-refractivity contribution is 0.336. The molecule has 0 saturated carbocycles. The molecule has 3 heteroatoms. The van der Waals surface area contributed by atoms with Crippen molar-refractivity contribution in [1.82, 2.24) is 5.32 Å². The minimum absolute atomic E-state index is 0. The van der Waals surface area contributed by atoms with Gasteiger partial charge in [0.1, 0.15) is 5.75 Å². The van der Waals surface area contributed by atoms with E-state index in [1.807, 2.05) is 6.92 Å². The third kappa shape index (κ3) is 5.19. The lowest BCUT2D eigenvalue weighted by atomic mass is 10.0. The van der Waals surface area contributed by atoms with Gasteiger partial charge in [-0.15, -0.1) is 12.4 Å². The Morgan fingerprint density at radius 1 is 0.955 bits per heavy atom. The van der Waals surface area contributed by atoms with Gasteiger partial charge in [0, 0.05) is 12.1 Å². The maximum atomic E-state index is 5.80. The fourth-order valence-electron chi connectivity index (χ4n) is 2.68. The molecule has 0 saturated heterocycles. The van der Waals surface area contributed by atoms with Gasteiger partial charge in [-0.25, -0.2) is 0 Å². The van der Waals surface area contributed by atoms with Gasteiger partial charge >= 0.3 is 0 Å². The minimum Gasteiger partial charge on any atom is -0.494 e. The quantitative estimate of drug-likeness (QED) is 0.630. The molecule has 2 aromatic carbocycles. The molecule has 0 spiro atoms. The summed E-state index contributed by atoms with van der Waals surface area (Å²) >= 11 is 0. The Bertz CT molecular complexity index is 556. The van der Waals surface area contributed by atoms with Gasteiger partial charge in [0.15, 0.2) is 0 Å². The molecule has 0 fully saturated rings. The molecule has 0 heterocycles. The van der Waals surface area contributed by atoms with E-state index in [1.165, 1.54) is 42.0 Å². The van der Waals surface area contributed by atoms with E-state index in [1.54, 1.807) is 0 Å². The first-order valence-electron chi connectivity index (χ1n) is 8.21. The second kappa shape index (κ2) is 10.5. The number of benzene rings is 2. The van der Waals surface area contributed by atoms with E-state index in [0.29, 0.717) is 6.61 Å². The van der Waals surface area contributed by atoms with E-state index in [9.17, 15) is 0 Å². The highest BCUT2D eigenvalue weighted by atomic mass is 35.5. The average molecular weight is 322 g/mol. The second-order valence-electron chi connectivity index (χ2n) is 5.43. The first kappa shape index (κ1) is 18.8. The van der Waals surface area contributed by atoms with Gasteiger partial charge in [0.2, 0.25) is 0 Å². The van der Waals surface area contributed by atoms with E-state index in [4.69, 9.17) is 4.74 Å². The van der Waals surface area contributed by atoms with Crippen LogP contribution in [0.25, 0.3) is 10.8 Å². The number of rotatable bonds is 9. The first-order chi connectivity index (χ1) is 10.4. The van der Waals surface area contributed by atoms with Crippen LogP contribution in [0.4, 0.5) is 0 Å². The molecule has 22 heavy (non-hydrogen) atoms. The normalized spacial score (nSPS) is 10.5. The molecule has 0 unspecified atom stereocenters. The summed E-state index contributed by atoms with van der Waals surface area (Å²) in [6.45, 7) is 6.95. The topological polar surface area (TPSA) is 21.3 Å². The number of hydrogen-bond donors (Lipinski definition) is 1. The van der Waals surface area contributed by atoms with Gasteiger partial charge < -0.3 is 10.1 Å². The maximum absolute atomic E-state index is 5.80. The zero-order valence-electron chi connectivity index (χ0n) is 13.7. The number of unbranched alkanes of at least 4 members (excludes halogenated alkanes) is 3. The largest absolute Gasteiger partial charge is 0.494 e. The van der Waals surface area contributed by atoms with Crippen LogP contribution in [0.3, 0.4) is 0 Å². The second-order valence-corrected chi connectivity index (χ2v) is 5.43. The molecule has 0 aliphatic rings. The van der Waals surface area contributed by atoms with Crippen molar-refractivity contribution >= 4 is 23.2 Å². The van der Waals surface area contributed by atoms with Crippen LogP contribution in [-0.4, -0.2) is 13.2 Å². The zero-order valence-corrected chi connectivity index (χ0v) is 14.5. The minimum atomic E-state index is 0. The smallest absolute Gasteiger partial charge is 0.124 e. The Kier molecular flexibility index (Phi) is 8.95. The first-order valence-corrected chi connectivity index (χ1v) is 8.21. The Labute approximate surface area is 140 Å². The van der Waals surface area contributed by atoms with Crippen LogP contribution in [-0.2, 0) is 6.54 Å². The Balaban J connectivity index is 0.00000242. The van der Waals surface area contributed by atoms with Crippen molar-refractivity contribution in [2.75, 3.05) is 13.2 Å². The summed E-state index contributed by atoms with van der Waals surface area (Å²) in [5.41, 5.74) is 1.28. The molecule has 2 aromatic rings. The van der Waals surface area contributed by atoms with Crippen molar-refractivity contribution in [2.24, 2.45) is 0 Å². The van der Waals surface area contributed by atoms with Gasteiger partial charge in [-0.1, -0.05) is 56.5 Å². The van der Waals surface area contributed by atoms with E-state index in [0.717, 1.165) is 18.8 Å². The van der Waals surface area contributed by atoms with Gasteiger partial charge in [-0.05, 0) is 36.7 Å². The molecule has 2 rings (SSSR count).